The fourth-order valence-corrected chi connectivity index (χ4v) is 3.60. The smallest absolute Gasteiger partial charge is 0.343 e. The molecule has 1 aromatic heterocycles. The molecule has 0 unspecified atom stereocenters. The standard InChI is InChI=1S/C18H16N2O3S/c1-3-20-15-11-14(23-18(22)13-6-8-19-9-7-13)4-5-16(15)24-17(20)10-12(2)21/h4-11H,3H2,1-2H3. The molecule has 0 fully saturated rings. The van der Waals surface area contributed by atoms with Gasteiger partial charge in [-0.25, -0.2) is 4.79 Å². The first kappa shape index (κ1) is 16.3. The molecule has 5 nitrogen and oxygen atoms in total. The van der Waals surface area contributed by atoms with Gasteiger partial charge < -0.3 is 9.64 Å². The van der Waals surface area contributed by atoms with E-state index in [2.05, 4.69) is 4.98 Å². The van der Waals surface area contributed by atoms with Crippen LogP contribution in [-0.4, -0.2) is 23.3 Å². The van der Waals surface area contributed by atoms with Gasteiger partial charge in [0.15, 0.2) is 5.78 Å². The Bertz CT molecular complexity index is 818. The van der Waals surface area contributed by atoms with Gasteiger partial charge in [-0.15, -0.1) is 0 Å². The van der Waals surface area contributed by atoms with Crippen LogP contribution in [0, 0.1) is 0 Å². The van der Waals surface area contributed by atoms with Gasteiger partial charge in [0.1, 0.15) is 5.75 Å². The van der Waals surface area contributed by atoms with E-state index in [1.54, 1.807) is 36.7 Å². The quantitative estimate of drug-likeness (QED) is 0.481. The molecule has 2 aromatic rings. The van der Waals surface area contributed by atoms with E-state index in [0.717, 1.165) is 22.2 Å². The molecule has 3 rings (SSSR count). The van der Waals surface area contributed by atoms with E-state index in [1.807, 2.05) is 24.0 Å². The lowest BCUT2D eigenvalue weighted by molar-refractivity contribution is -0.112. The number of nitrogens with zero attached hydrogens (tertiary/aromatic N) is 2. The van der Waals surface area contributed by atoms with Gasteiger partial charge in [-0.2, -0.15) is 0 Å². The van der Waals surface area contributed by atoms with E-state index >= 15 is 0 Å². The highest BCUT2D eigenvalue weighted by Gasteiger charge is 2.25. The summed E-state index contributed by atoms with van der Waals surface area (Å²) >= 11 is 1.54. The molecule has 6 heteroatoms. The zero-order valence-corrected chi connectivity index (χ0v) is 14.2. The van der Waals surface area contributed by atoms with Crippen LogP contribution in [0.4, 0.5) is 5.69 Å². The van der Waals surface area contributed by atoms with Gasteiger partial charge in [-0.05, 0) is 38.1 Å². The maximum absolute atomic E-state index is 12.2. The van der Waals surface area contributed by atoms with Crippen molar-refractivity contribution >= 4 is 29.2 Å². The number of benzene rings is 1. The Kier molecular flexibility index (Phi) is 4.66. The van der Waals surface area contributed by atoms with Crippen molar-refractivity contribution in [3.05, 3.63) is 59.4 Å². The number of carbonyl (C=O) groups excluding carboxylic acids is 2. The molecular formula is C18H16N2O3S. The monoisotopic (exact) mass is 340 g/mol. The summed E-state index contributed by atoms with van der Waals surface area (Å²) in [5, 5.41) is 0.887. The second kappa shape index (κ2) is 6.88. The Morgan fingerprint density at radius 3 is 2.67 bits per heavy atom. The van der Waals surface area contributed by atoms with Crippen molar-refractivity contribution in [1.29, 1.82) is 0 Å². The molecule has 0 saturated carbocycles. The highest BCUT2D eigenvalue weighted by molar-refractivity contribution is 8.03. The number of carbonyl (C=O) groups is 2. The molecule has 0 aliphatic carbocycles. The highest BCUT2D eigenvalue weighted by atomic mass is 32.2. The molecule has 0 atom stereocenters. The molecule has 0 amide bonds. The van der Waals surface area contributed by atoms with Gasteiger partial charge >= 0.3 is 5.97 Å². The van der Waals surface area contributed by atoms with E-state index in [1.165, 1.54) is 18.7 Å². The molecular weight excluding hydrogens is 324 g/mol. The molecule has 1 aliphatic rings. The Labute approximate surface area is 144 Å². The first-order chi connectivity index (χ1) is 11.6. The van der Waals surface area contributed by atoms with E-state index in [0.29, 0.717) is 11.3 Å². The molecule has 122 valence electrons. The first-order valence-electron chi connectivity index (χ1n) is 7.52. The van der Waals surface area contributed by atoms with Crippen molar-refractivity contribution in [3.63, 3.8) is 0 Å². The fourth-order valence-electron chi connectivity index (χ4n) is 2.41. The summed E-state index contributed by atoms with van der Waals surface area (Å²) in [4.78, 5) is 30.5. The third-order valence-electron chi connectivity index (χ3n) is 3.47. The predicted molar refractivity (Wildman–Crippen MR) is 93.3 cm³/mol. The molecule has 0 bridgehead atoms. The molecule has 0 N–H and O–H groups in total. The van der Waals surface area contributed by atoms with Crippen LogP contribution < -0.4 is 9.64 Å². The number of hydrogen-bond donors (Lipinski definition) is 0. The minimum absolute atomic E-state index is 0.00749. The fraction of sp³-hybridized carbons (Fsp3) is 0.167. The predicted octanol–water partition coefficient (Wildman–Crippen LogP) is 3.66. The van der Waals surface area contributed by atoms with Crippen molar-refractivity contribution < 1.29 is 14.3 Å². The number of rotatable bonds is 4. The number of esters is 1. The Balaban J connectivity index is 1.85. The van der Waals surface area contributed by atoms with Crippen LogP contribution in [0.1, 0.15) is 24.2 Å². The van der Waals surface area contributed by atoms with Crippen LogP contribution in [0.25, 0.3) is 0 Å². The van der Waals surface area contributed by atoms with E-state index < -0.39 is 5.97 Å². The second-order valence-electron chi connectivity index (χ2n) is 5.19. The summed E-state index contributed by atoms with van der Waals surface area (Å²) in [6, 6.07) is 8.70. The minimum Gasteiger partial charge on any atom is -0.423 e. The second-order valence-corrected chi connectivity index (χ2v) is 6.26. The summed E-state index contributed by atoms with van der Waals surface area (Å²) in [6.07, 6.45) is 4.72. The number of anilines is 1. The third-order valence-corrected chi connectivity index (χ3v) is 4.58. The van der Waals surface area contributed by atoms with Gasteiger partial charge in [0, 0.05) is 36.0 Å². The van der Waals surface area contributed by atoms with Crippen LogP contribution in [0.2, 0.25) is 0 Å². The lowest BCUT2D eigenvalue weighted by atomic mass is 10.2. The van der Waals surface area contributed by atoms with Crippen LogP contribution in [-0.2, 0) is 4.79 Å². The summed E-state index contributed by atoms with van der Waals surface area (Å²) in [7, 11) is 0. The van der Waals surface area contributed by atoms with Crippen molar-refractivity contribution in [2.24, 2.45) is 0 Å². The van der Waals surface area contributed by atoms with Crippen LogP contribution in [0.3, 0.4) is 0 Å². The molecule has 1 aromatic carbocycles. The molecule has 0 spiro atoms. The van der Waals surface area contributed by atoms with Crippen LogP contribution >= 0.6 is 11.8 Å². The molecule has 24 heavy (non-hydrogen) atoms. The zero-order valence-electron chi connectivity index (χ0n) is 13.4. The van der Waals surface area contributed by atoms with E-state index in [9.17, 15) is 9.59 Å². The van der Waals surface area contributed by atoms with Crippen molar-refractivity contribution in [1.82, 2.24) is 4.98 Å². The average Bonchev–Trinajstić information content (AvgIpc) is 2.91. The summed E-state index contributed by atoms with van der Waals surface area (Å²) in [6.45, 7) is 4.27. The number of aromatic nitrogens is 1. The number of fused-ring (bicyclic) bond motifs is 1. The number of pyridine rings is 1. The molecule has 2 heterocycles. The largest absolute Gasteiger partial charge is 0.423 e. The van der Waals surface area contributed by atoms with E-state index in [-0.39, 0.29) is 5.78 Å². The molecule has 0 saturated heterocycles. The van der Waals surface area contributed by atoms with Gasteiger partial charge in [0.25, 0.3) is 0 Å². The first-order valence-corrected chi connectivity index (χ1v) is 8.34. The van der Waals surface area contributed by atoms with Gasteiger partial charge in [-0.3, -0.25) is 9.78 Å². The van der Waals surface area contributed by atoms with Gasteiger partial charge in [-0.1, -0.05) is 11.8 Å². The van der Waals surface area contributed by atoms with Crippen molar-refractivity contribution in [3.8, 4) is 5.75 Å². The zero-order chi connectivity index (χ0) is 17.1. The highest BCUT2D eigenvalue weighted by Crippen LogP contribution is 2.47. The molecule has 1 aliphatic heterocycles. The number of ketones is 1. The Morgan fingerprint density at radius 1 is 1.25 bits per heavy atom. The van der Waals surface area contributed by atoms with E-state index in [4.69, 9.17) is 4.74 Å². The lowest BCUT2D eigenvalue weighted by Crippen LogP contribution is -2.17. The third kappa shape index (κ3) is 3.33. The summed E-state index contributed by atoms with van der Waals surface area (Å²) < 4.78 is 5.45. The number of allylic oxidation sites excluding steroid dienone is 1. The minimum atomic E-state index is -0.425. The Morgan fingerprint density at radius 2 is 2.00 bits per heavy atom. The lowest BCUT2D eigenvalue weighted by Gasteiger charge is -2.18. The van der Waals surface area contributed by atoms with Gasteiger partial charge in [0.05, 0.1) is 16.3 Å². The number of hydrogen-bond acceptors (Lipinski definition) is 6. The summed E-state index contributed by atoms with van der Waals surface area (Å²) in [5.74, 6) is 0.0531. The maximum atomic E-state index is 12.2. The van der Waals surface area contributed by atoms with Gasteiger partial charge in [0.2, 0.25) is 0 Å². The summed E-state index contributed by atoms with van der Waals surface area (Å²) in [5.41, 5.74) is 1.39. The van der Waals surface area contributed by atoms with Crippen molar-refractivity contribution in [2.45, 2.75) is 18.7 Å². The Hall–Kier alpha value is -2.60. The maximum Gasteiger partial charge on any atom is 0.343 e. The molecule has 0 radical (unpaired) electrons. The SMILES string of the molecule is CCN1C(=CC(C)=O)Sc2ccc(OC(=O)c3ccncc3)cc21. The normalized spacial score (nSPS) is 14.6. The number of ether oxygens (including phenoxy) is 1. The topological polar surface area (TPSA) is 59.5 Å². The van der Waals surface area contributed by atoms with Crippen molar-refractivity contribution in [2.75, 3.05) is 11.4 Å². The number of thioether (sulfide) groups is 1. The van der Waals surface area contributed by atoms with Crippen LogP contribution in [0.15, 0.2) is 58.7 Å². The average molecular weight is 340 g/mol. The van der Waals surface area contributed by atoms with Crippen LogP contribution in [0.5, 0.6) is 5.75 Å².